The number of carbonyl (C=O) groups is 1. The summed E-state index contributed by atoms with van der Waals surface area (Å²) >= 11 is 6.13. The molecule has 1 saturated carbocycles. The Balaban J connectivity index is 1.44. The number of ether oxygens (including phenoxy) is 1. The monoisotopic (exact) mass is 376 g/mol. The van der Waals surface area contributed by atoms with E-state index in [2.05, 4.69) is 4.98 Å². The van der Waals surface area contributed by atoms with Crippen LogP contribution in [0.4, 0.5) is 0 Å². The highest BCUT2D eigenvalue weighted by Crippen LogP contribution is 2.26. The second-order valence-corrected chi connectivity index (χ2v) is 7.55. The van der Waals surface area contributed by atoms with Crippen LogP contribution in [-0.4, -0.2) is 40.9 Å². The van der Waals surface area contributed by atoms with Crippen molar-refractivity contribution in [3.8, 4) is 5.75 Å². The first-order valence-electron chi connectivity index (χ1n) is 9.18. The number of pyridine rings is 1. The summed E-state index contributed by atoms with van der Waals surface area (Å²) in [5.41, 5.74) is 0.668. The Morgan fingerprint density at radius 3 is 2.77 bits per heavy atom. The SMILES string of the molecule is CN(C(=O)CCCOc1ccc2[nH]c(=O)ccc2c1)C1CCC(Cl)CC1. The normalized spacial score (nSPS) is 20.1. The number of H-pyrrole nitrogens is 1. The van der Waals surface area contributed by atoms with Gasteiger partial charge in [0.25, 0.3) is 0 Å². The van der Waals surface area contributed by atoms with Crippen molar-refractivity contribution in [3.05, 3.63) is 40.7 Å². The second-order valence-electron chi connectivity index (χ2n) is 6.93. The molecule has 0 atom stereocenters. The molecule has 6 heteroatoms. The minimum atomic E-state index is -0.117. The predicted molar refractivity (Wildman–Crippen MR) is 104 cm³/mol. The zero-order valence-corrected chi connectivity index (χ0v) is 15.8. The summed E-state index contributed by atoms with van der Waals surface area (Å²) in [6, 6.07) is 9.15. The maximum absolute atomic E-state index is 12.3. The van der Waals surface area contributed by atoms with Crippen molar-refractivity contribution in [3.63, 3.8) is 0 Å². The van der Waals surface area contributed by atoms with Crippen LogP contribution in [0.2, 0.25) is 0 Å². The van der Waals surface area contributed by atoms with E-state index >= 15 is 0 Å². The zero-order chi connectivity index (χ0) is 18.5. The van der Waals surface area contributed by atoms with Gasteiger partial charge in [0, 0.05) is 41.9 Å². The van der Waals surface area contributed by atoms with Gasteiger partial charge in [-0.05, 0) is 56.4 Å². The third-order valence-corrected chi connectivity index (χ3v) is 5.50. The summed E-state index contributed by atoms with van der Waals surface area (Å²) in [6.07, 6.45) is 5.12. The van der Waals surface area contributed by atoms with Gasteiger partial charge in [0.2, 0.25) is 11.5 Å². The smallest absolute Gasteiger partial charge is 0.248 e. The lowest BCUT2D eigenvalue weighted by Crippen LogP contribution is -2.39. The molecule has 1 fully saturated rings. The fourth-order valence-corrected chi connectivity index (χ4v) is 3.69. The molecule has 1 aromatic carbocycles. The van der Waals surface area contributed by atoms with E-state index in [0.717, 1.165) is 42.3 Å². The summed E-state index contributed by atoms with van der Waals surface area (Å²) in [5, 5.41) is 1.19. The van der Waals surface area contributed by atoms with E-state index in [9.17, 15) is 9.59 Å². The Morgan fingerprint density at radius 1 is 1.23 bits per heavy atom. The number of nitrogens with zero attached hydrogens (tertiary/aromatic N) is 1. The maximum Gasteiger partial charge on any atom is 0.248 e. The Kier molecular flexibility index (Phi) is 6.20. The summed E-state index contributed by atoms with van der Waals surface area (Å²) in [6.45, 7) is 0.489. The van der Waals surface area contributed by atoms with E-state index < -0.39 is 0 Å². The van der Waals surface area contributed by atoms with E-state index in [1.165, 1.54) is 6.07 Å². The van der Waals surface area contributed by atoms with Crippen LogP contribution in [0.3, 0.4) is 0 Å². The van der Waals surface area contributed by atoms with Crippen molar-refractivity contribution in [1.82, 2.24) is 9.88 Å². The molecule has 0 saturated heterocycles. The second kappa shape index (κ2) is 8.58. The number of nitrogens with one attached hydrogen (secondary N) is 1. The molecule has 1 aliphatic carbocycles. The molecule has 2 aromatic rings. The first kappa shape index (κ1) is 18.8. The van der Waals surface area contributed by atoms with Crippen molar-refractivity contribution < 1.29 is 9.53 Å². The van der Waals surface area contributed by atoms with Gasteiger partial charge < -0.3 is 14.6 Å². The van der Waals surface area contributed by atoms with Gasteiger partial charge in [-0.25, -0.2) is 0 Å². The number of fused-ring (bicyclic) bond motifs is 1. The van der Waals surface area contributed by atoms with Gasteiger partial charge >= 0.3 is 0 Å². The molecule has 1 aliphatic rings. The van der Waals surface area contributed by atoms with E-state index in [-0.39, 0.29) is 16.8 Å². The lowest BCUT2D eigenvalue weighted by atomic mass is 9.94. The average Bonchev–Trinajstić information content (AvgIpc) is 2.65. The Morgan fingerprint density at radius 2 is 2.00 bits per heavy atom. The number of halogens is 1. The molecular formula is C20H25ClN2O3. The van der Waals surface area contributed by atoms with Gasteiger partial charge in [-0.1, -0.05) is 0 Å². The van der Waals surface area contributed by atoms with E-state index in [1.807, 2.05) is 30.1 Å². The largest absolute Gasteiger partial charge is 0.494 e. The number of amides is 1. The van der Waals surface area contributed by atoms with Gasteiger partial charge in [0.1, 0.15) is 5.75 Å². The predicted octanol–water partition coefficient (Wildman–Crippen LogP) is 3.70. The lowest BCUT2D eigenvalue weighted by Gasteiger charge is -2.33. The minimum Gasteiger partial charge on any atom is -0.494 e. The third-order valence-electron chi connectivity index (χ3n) is 5.07. The molecule has 0 bridgehead atoms. The Hall–Kier alpha value is -2.01. The zero-order valence-electron chi connectivity index (χ0n) is 15.0. The number of carbonyl (C=O) groups excluding carboxylic acids is 1. The van der Waals surface area contributed by atoms with Crippen LogP contribution in [0.25, 0.3) is 10.9 Å². The summed E-state index contributed by atoms with van der Waals surface area (Å²) < 4.78 is 5.75. The van der Waals surface area contributed by atoms with Crippen LogP contribution < -0.4 is 10.3 Å². The molecule has 1 amide bonds. The molecular weight excluding hydrogens is 352 g/mol. The van der Waals surface area contributed by atoms with E-state index in [1.54, 1.807) is 6.07 Å². The number of hydrogen-bond donors (Lipinski definition) is 1. The molecule has 26 heavy (non-hydrogen) atoms. The highest BCUT2D eigenvalue weighted by molar-refractivity contribution is 6.20. The standard InChI is InChI=1S/C20H25ClN2O3/c1-23(16-7-5-15(21)6-8-16)20(25)3-2-12-26-17-9-10-18-14(13-17)4-11-19(24)22-18/h4,9-11,13,15-16H,2-3,5-8,12H2,1H3,(H,22,24). The molecule has 1 heterocycles. The number of aromatic amines is 1. The Bertz CT molecular complexity index is 812. The molecule has 1 N–H and O–H groups in total. The Labute approximate surface area is 158 Å². The number of alkyl halides is 1. The van der Waals surface area contributed by atoms with Crippen LogP contribution in [0.15, 0.2) is 35.1 Å². The third kappa shape index (κ3) is 4.79. The van der Waals surface area contributed by atoms with Gasteiger partial charge in [-0.3, -0.25) is 9.59 Å². The molecule has 3 rings (SSSR count). The van der Waals surface area contributed by atoms with Crippen molar-refractivity contribution in [1.29, 1.82) is 0 Å². The fraction of sp³-hybridized carbons (Fsp3) is 0.500. The minimum absolute atomic E-state index is 0.117. The van der Waals surface area contributed by atoms with Crippen LogP contribution in [0.5, 0.6) is 5.75 Å². The lowest BCUT2D eigenvalue weighted by molar-refractivity contribution is -0.132. The molecule has 5 nitrogen and oxygen atoms in total. The number of rotatable bonds is 6. The van der Waals surface area contributed by atoms with Gasteiger partial charge in [-0.2, -0.15) is 0 Å². The van der Waals surface area contributed by atoms with Crippen molar-refractivity contribution >= 4 is 28.4 Å². The van der Waals surface area contributed by atoms with E-state index in [0.29, 0.717) is 25.5 Å². The molecule has 140 valence electrons. The first-order chi connectivity index (χ1) is 12.5. The molecule has 0 aliphatic heterocycles. The van der Waals surface area contributed by atoms with Crippen LogP contribution in [0.1, 0.15) is 38.5 Å². The van der Waals surface area contributed by atoms with Crippen molar-refractivity contribution in [2.45, 2.75) is 49.9 Å². The highest BCUT2D eigenvalue weighted by Gasteiger charge is 2.25. The first-order valence-corrected chi connectivity index (χ1v) is 9.62. The highest BCUT2D eigenvalue weighted by atomic mass is 35.5. The van der Waals surface area contributed by atoms with Crippen LogP contribution in [-0.2, 0) is 4.79 Å². The van der Waals surface area contributed by atoms with Crippen LogP contribution in [0, 0.1) is 0 Å². The average molecular weight is 377 g/mol. The fourth-order valence-electron chi connectivity index (χ4n) is 3.44. The van der Waals surface area contributed by atoms with Crippen molar-refractivity contribution in [2.24, 2.45) is 0 Å². The molecule has 0 spiro atoms. The molecule has 0 unspecified atom stereocenters. The number of aromatic nitrogens is 1. The molecule has 0 radical (unpaired) electrons. The summed E-state index contributed by atoms with van der Waals surface area (Å²) in [5.74, 6) is 0.911. The van der Waals surface area contributed by atoms with Gasteiger partial charge in [-0.15, -0.1) is 11.6 Å². The van der Waals surface area contributed by atoms with Crippen LogP contribution >= 0.6 is 11.6 Å². The maximum atomic E-state index is 12.3. The van der Waals surface area contributed by atoms with Crippen molar-refractivity contribution in [2.75, 3.05) is 13.7 Å². The number of hydrogen-bond acceptors (Lipinski definition) is 3. The van der Waals surface area contributed by atoms with E-state index in [4.69, 9.17) is 16.3 Å². The molecule has 1 aromatic heterocycles. The van der Waals surface area contributed by atoms with Gasteiger partial charge in [0.05, 0.1) is 6.61 Å². The topological polar surface area (TPSA) is 62.4 Å². The van der Waals surface area contributed by atoms with Gasteiger partial charge in [0.15, 0.2) is 0 Å². The summed E-state index contributed by atoms with van der Waals surface area (Å²) in [4.78, 5) is 28.3. The number of benzene rings is 1. The summed E-state index contributed by atoms with van der Waals surface area (Å²) in [7, 11) is 1.90. The quantitative estimate of drug-likeness (QED) is 0.617.